The normalized spacial score (nSPS) is 14.0. The van der Waals surface area contributed by atoms with Gasteiger partial charge in [0.25, 0.3) is 5.91 Å². The number of para-hydroxylation sites is 1. The molecule has 4 rings (SSSR count). The highest BCUT2D eigenvalue weighted by Crippen LogP contribution is 2.28. The highest BCUT2D eigenvalue weighted by atomic mass is 35.5. The Morgan fingerprint density at radius 1 is 0.931 bits per heavy atom. The summed E-state index contributed by atoms with van der Waals surface area (Å²) in [5.41, 5.74) is 2.33. The standard InChI is InChI=1S/C22H21ClN4O2/c1-29-20-5-3-2-4-18(20)19-10-11-21(25-24-19)26-12-14-27(15-13-26)22(28)16-6-8-17(23)9-7-16/h2-11H,12-15H2,1H3. The summed E-state index contributed by atoms with van der Waals surface area (Å²) in [4.78, 5) is 16.6. The van der Waals surface area contributed by atoms with Crippen molar-refractivity contribution in [3.05, 3.63) is 71.2 Å². The predicted octanol–water partition coefficient (Wildman–Crippen LogP) is 3.77. The number of piperazine rings is 1. The van der Waals surface area contributed by atoms with E-state index in [4.69, 9.17) is 16.3 Å². The lowest BCUT2D eigenvalue weighted by Crippen LogP contribution is -2.49. The molecule has 148 valence electrons. The number of nitrogens with zero attached hydrogens (tertiary/aromatic N) is 4. The van der Waals surface area contributed by atoms with E-state index in [1.54, 1.807) is 31.4 Å². The van der Waals surface area contributed by atoms with Crippen molar-refractivity contribution in [1.82, 2.24) is 15.1 Å². The Balaban J connectivity index is 1.41. The third-order valence-corrected chi connectivity index (χ3v) is 5.27. The number of methoxy groups -OCH3 is 1. The van der Waals surface area contributed by atoms with Crippen molar-refractivity contribution in [3.8, 4) is 17.0 Å². The van der Waals surface area contributed by atoms with Crippen molar-refractivity contribution in [2.45, 2.75) is 0 Å². The molecule has 1 aliphatic rings. The third-order valence-electron chi connectivity index (χ3n) is 5.02. The van der Waals surface area contributed by atoms with E-state index in [2.05, 4.69) is 15.1 Å². The number of halogens is 1. The van der Waals surface area contributed by atoms with Crippen molar-refractivity contribution in [2.75, 3.05) is 38.2 Å². The van der Waals surface area contributed by atoms with Gasteiger partial charge in [-0.1, -0.05) is 23.7 Å². The molecule has 1 aliphatic heterocycles. The average molecular weight is 409 g/mol. The maximum absolute atomic E-state index is 12.6. The van der Waals surface area contributed by atoms with E-state index in [0.717, 1.165) is 22.8 Å². The van der Waals surface area contributed by atoms with Crippen LogP contribution in [0.1, 0.15) is 10.4 Å². The molecule has 2 heterocycles. The summed E-state index contributed by atoms with van der Waals surface area (Å²) < 4.78 is 5.40. The van der Waals surface area contributed by atoms with Crippen molar-refractivity contribution >= 4 is 23.3 Å². The van der Waals surface area contributed by atoms with Crippen molar-refractivity contribution in [3.63, 3.8) is 0 Å². The lowest BCUT2D eigenvalue weighted by molar-refractivity contribution is 0.0746. The number of rotatable bonds is 4. The fourth-order valence-corrected chi connectivity index (χ4v) is 3.53. The molecule has 0 aliphatic carbocycles. The van der Waals surface area contributed by atoms with Crippen LogP contribution in [0, 0.1) is 0 Å². The van der Waals surface area contributed by atoms with Gasteiger partial charge >= 0.3 is 0 Å². The molecule has 1 fully saturated rings. The minimum absolute atomic E-state index is 0.0268. The number of amides is 1. The lowest BCUT2D eigenvalue weighted by Gasteiger charge is -2.35. The predicted molar refractivity (Wildman–Crippen MR) is 114 cm³/mol. The second kappa shape index (κ2) is 8.49. The first-order chi connectivity index (χ1) is 14.2. The van der Waals surface area contributed by atoms with E-state index < -0.39 is 0 Å². The molecule has 29 heavy (non-hydrogen) atoms. The Morgan fingerprint density at radius 3 is 2.31 bits per heavy atom. The molecule has 2 aromatic carbocycles. The summed E-state index contributed by atoms with van der Waals surface area (Å²) in [6.07, 6.45) is 0. The van der Waals surface area contributed by atoms with E-state index in [-0.39, 0.29) is 5.91 Å². The molecule has 1 aromatic heterocycles. The summed E-state index contributed by atoms with van der Waals surface area (Å²) in [6, 6.07) is 18.7. The average Bonchev–Trinajstić information content (AvgIpc) is 2.79. The van der Waals surface area contributed by atoms with Crippen LogP contribution in [-0.4, -0.2) is 54.3 Å². The van der Waals surface area contributed by atoms with Gasteiger partial charge in [0, 0.05) is 42.3 Å². The van der Waals surface area contributed by atoms with Crippen LogP contribution < -0.4 is 9.64 Å². The van der Waals surface area contributed by atoms with Gasteiger partial charge < -0.3 is 14.5 Å². The van der Waals surface area contributed by atoms with Crippen LogP contribution in [0.5, 0.6) is 5.75 Å². The van der Waals surface area contributed by atoms with E-state index in [1.165, 1.54) is 0 Å². The zero-order chi connectivity index (χ0) is 20.2. The number of hydrogen-bond donors (Lipinski definition) is 0. The Bertz CT molecular complexity index is 984. The van der Waals surface area contributed by atoms with Crippen LogP contribution in [0.3, 0.4) is 0 Å². The number of carbonyl (C=O) groups is 1. The molecular formula is C22H21ClN4O2. The highest BCUT2D eigenvalue weighted by molar-refractivity contribution is 6.30. The molecule has 1 saturated heterocycles. The van der Waals surface area contributed by atoms with Gasteiger partial charge in [-0.05, 0) is 48.5 Å². The number of ether oxygens (including phenoxy) is 1. The van der Waals surface area contributed by atoms with Crippen molar-refractivity contribution in [2.24, 2.45) is 0 Å². The van der Waals surface area contributed by atoms with Gasteiger partial charge in [0.15, 0.2) is 5.82 Å². The number of anilines is 1. The molecule has 0 bridgehead atoms. The second-order valence-electron chi connectivity index (χ2n) is 6.76. The molecule has 3 aromatic rings. The van der Waals surface area contributed by atoms with Crippen LogP contribution in [0.4, 0.5) is 5.82 Å². The molecule has 0 spiro atoms. The van der Waals surface area contributed by atoms with Gasteiger partial charge in [-0.2, -0.15) is 0 Å². The van der Waals surface area contributed by atoms with Gasteiger partial charge in [-0.3, -0.25) is 4.79 Å². The molecule has 0 atom stereocenters. The zero-order valence-corrected chi connectivity index (χ0v) is 16.8. The maximum atomic E-state index is 12.6. The topological polar surface area (TPSA) is 58.6 Å². The molecule has 0 N–H and O–H groups in total. The molecule has 1 amide bonds. The lowest BCUT2D eigenvalue weighted by atomic mass is 10.1. The first-order valence-electron chi connectivity index (χ1n) is 9.42. The Kier molecular flexibility index (Phi) is 5.62. The van der Waals surface area contributed by atoms with Crippen LogP contribution in [0.2, 0.25) is 5.02 Å². The first kappa shape index (κ1) is 19.2. The molecule has 6 nitrogen and oxygen atoms in total. The van der Waals surface area contributed by atoms with Crippen molar-refractivity contribution < 1.29 is 9.53 Å². The Labute approximate surface area is 174 Å². The zero-order valence-electron chi connectivity index (χ0n) is 16.1. The van der Waals surface area contributed by atoms with E-state index in [0.29, 0.717) is 36.8 Å². The molecular weight excluding hydrogens is 388 g/mol. The Morgan fingerprint density at radius 2 is 1.66 bits per heavy atom. The number of carbonyl (C=O) groups excluding carboxylic acids is 1. The summed E-state index contributed by atoms with van der Waals surface area (Å²) in [7, 11) is 1.64. The minimum atomic E-state index is 0.0268. The summed E-state index contributed by atoms with van der Waals surface area (Å²) >= 11 is 5.90. The largest absolute Gasteiger partial charge is 0.496 e. The molecule has 0 saturated carbocycles. The smallest absolute Gasteiger partial charge is 0.253 e. The van der Waals surface area contributed by atoms with Crippen LogP contribution in [0.25, 0.3) is 11.3 Å². The number of benzene rings is 2. The van der Waals surface area contributed by atoms with E-state index >= 15 is 0 Å². The molecule has 0 unspecified atom stereocenters. The molecule has 0 radical (unpaired) electrons. The fraction of sp³-hybridized carbons (Fsp3) is 0.227. The highest BCUT2D eigenvalue weighted by Gasteiger charge is 2.23. The van der Waals surface area contributed by atoms with Crippen LogP contribution in [-0.2, 0) is 0 Å². The minimum Gasteiger partial charge on any atom is -0.496 e. The quantitative estimate of drug-likeness (QED) is 0.657. The van der Waals surface area contributed by atoms with Gasteiger partial charge in [-0.15, -0.1) is 10.2 Å². The Hall–Kier alpha value is -3.12. The number of aromatic nitrogens is 2. The maximum Gasteiger partial charge on any atom is 0.253 e. The monoisotopic (exact) mass is 408 g/mol. The summed E-state index contributed by atoms with van der Waals surface area (Å²) in [6.45, 7) is 2.69. The second-order valence-corrected chi connectivity index (χ2v) is 7.20. The van der Waals surface area contributed by atoms with Gasteiger partial charge in [0.2, 0.25) is 0 Å². The number of hydrogen-bond acceptors (Lipinski definition) is 5. The van der Waals surface area contributed by atoms with Gasteiger partial charge in [0.1, 0.15) is 5.75 Å². The third kappa shape index (κ3) is 4.17. The summed E-state index contributed by atoms with van der Waals surface area (Å²) in [5.74, 6) is 1.60. The SMILES string of the molecule is COc1ccccc1-c1ccc(N2CCN(C(=O)c3ccc(Cl)cc3)CC2)nn1. The van der Waals surface area contributed by atoms with E-state index in [9.17, 15) is 4.79 Å². The fourth-order valence-electron chi connectivity index (χ4n) is 3.41. The van der Waals surface area contributed by atoms with E-state index in [1.807, 2.05) is 41.3 Å². The first-order valence-corrected chi connectivity index (χ1v) is 9.80. The summed E-state index contributed by atoms with van der Waals surface area (Å²) in [5, 5.41) is 9.40. The van der Waals surface area contributed by atoms with Gasteiger partial charge in [-0.25, -0.2) is 0 Å². The molecule has 7 heteroatoms. The van der Waals surface area contributed by atoms with Crippen LogP contribution >= 0.6 is 11.6 Å². The van der Waals surface area contributed by atoms with Gasteiger partial charge in [0.05, 0.1) is 12.8 Å². The van der Waals surface area contributed by atoms with Crippen LogP contribution in [0.15, 0.2) is 60.7 Å². The van der Waals surface area contributed by atoms with Crippen molar-refractivity contribution in [1.29, 1.82) is 0 Å².